The average Bonchev–Trinajstić information content (AvgIpc) is 2.94. The number of rotatable bonds is 4. The van der Waals surface area contributed by atoms with Crippen LogP contribution in [0.1, 0.15) is 5.56 Å². The van der Waals surface area contributed by atoms with Gasteiger partial charge in [-0.1, -0.05) is 28.1 Å². The third-order valence-electron chi connectivity index (χ3n) is 3.23. The van der Waals surface area contributed by atoms with Crippen LogP contribution in [-0.4, -0.2) is 28.2 Å². The van der Waals surface area contributed by atoms with Crippen molar-refractivity contribution in [1.82, 2.24) is 14.9 Å². The van der Waals surface area contributed by atoms with Crippen molar-refractivity contribution in [3.8, 4) is 17.1 Å². The number of H-pyrrole nitrogens is 1. The Morgan fingerprint density at radius 2 is 2.17 bits per heavy atom. The third kappa shape index (κ3) is 3.44. The number of benzene rings is 2. The molecule has 0 bridgehead atoms. The minimum Gasteiger partial charge on any atom is -0.494 e. The molecule has 1 aromatic heterocycles. The fourth-order valence-electron chi connectivity index (χ4n) is 2.10. The van der Waals surface area contributed by atoms with Crippen LogP contribution in [-0.2, 0) is 0 Å². The van der Waals surface area contributed by atoms with Crippen LogP contribution in [0.25, 0.3) is 11.4 Å². The molecule has 0 atom stereocenters. The van der Waals surface area contributed by atoms with E-state index < -0.39 is 5.82 Å². The zero-order valence-corrected chi connectivity index (χ0v) is 14.9. The predicted octanol–water partition coefficient (Wildman–Crippen LogP) is 4.40. The van der Waals surface area contributed by atoms with Crippen molar-refractivity contribution in [2.24, 2.45) is 5.10 Å². The lowest BCUT2D eigenvalue weighted by Crippen LogP contribution is -1.96. The molecule has 0 amide bonds. The molecular weight excluding hydrogens is 395 g/mol. The van der Waals surface area contributed by atoms with Gasteiger partial charge in [0.15, 0.2) is 17.4 Å². The molecule has 122 valence electrons. The van der Waals surface area contributed by atoms with Crippen LogP contribution in [0, 0.1) is 10.6 Å². The van der Waals surface area contributed by atoms with Crippen molar-refractivity contribution >= 4 is 34.4 Å². The van der Waals surface area contributed by atoms with Crippen LogP contribution >= 0.6 is 28.1 Å². The first-order valence-electron chi connectivity index (χ1n) is 6.90. The van der Waals surface area contributed by atoms with Crippen LogP contribution < -0.4 is 4.74 Å². The summed E-state index contributed by atoms with van der Waals surface area (Å²) in [5.41, 5.74) is 1.42. The second-order valence-corrected chi connectivity index (χ2v) is 6.12. The summed E-state index contributed by atoms with van der Waals surface area (Å²) < 4.78 is 21.4. The van der Waals surface area contributed by atoms with E-state index in [1.165, 1.54) is 24.1 Å². The van der Waals surface area contributed by atoms with Gasteiger partial charge >= 0.3 is 0 Å². The summed E-state index contributed by atoms with van der Waals surface area (Å²) in [6.07, 6.45) is 1.51. The van der Waals surface area contributed by atoms with E-state index in [-0.39, 0.29) is 5.75 Å². The van der Waals surface area contributed by atoms with E-state index in [0.717, 1.165) is 10.0 Å². The molecular formula is C16H12BrFN4OS. The summed E-state index contributed by atoms with van der Waals surface area (Å²) in [4.78, 5) is 0. The van der Waals surface area contributed by atoms with Crippen molar-refractivity contribution in [3.63, 3.8) is 0 Å². The van der Waals surface area contributed by atoms with E-state index in [9.17, 15) is 4.39 Å². The average molecular weight is 407 g/mol. The van der Waals surface area contributed by atoms with E-state index in [1.54, 1.807) is 12.1 Å². The number of halogens is 2. The Balaban J connectivity index is 1.97. The normalized spacial score (nSPS) is 11.1. The SMILES string of the molecule is COc1ccc(/C=N\n2c(-c3cccc(Br)c3)n[nH]c2=S)cc1F. The Morgan fingerprint density at radius 3 is 2.88 bits per heavy atom. The fourth-order valence-corrected chi connectivity index (χ4v) is 2.68. The zero-order valence-electron chi connectivity index (χ0n) is 12.5. The van der Waals surface area contributed by atoms with E-state index in [1.807, 2.05) is 24.3 Å². The van der Waals surface area contributed by atoms with Gasteiger partial charge in [-0.25, -0.2) is 9.49 Å². The lowest BCUT2D eigenvalue weighted by Gasteiger charge is -2.03. The molecule has 0 saturated heterocycles. The van der Waals surface area contributed by atoms with Gasteiger partial charge in [-0.05, 0) is 48.1 Å². The van der Waals surface area contributed by atoms with Gasteiger partial charge in [0.25, 0.3) is 0 Å². The monoisotopic (exact) mass is 406 g/mol. The molecule has 1 N–H and O–H groups in total. The maximum Gasteiger partial charge on any atom is 0.216 e. The minimum atomic E-state index is -0.454. The Bertz CT molecular complexity index is 967. The van der Waals surface area contributed by atoms with Gasteiger partial charge in [-0.3, -0.25) is 0 Å². The van der Waals surface area contributed by atoms with Crippen molar-refractivity contribution < 1.29 is 9.13 Å². The molecule has 0 fully saturated rings. The molecule has 24 heavy (non-hydrogen) atoms. The Labute approximate surface area is 150 Å². The van der Waals surface area contributed by atoms with Crippen LogP contribution in [0.4, 0.5) is 4.39 Å². The van der Waals surface area contributed by atoms with Crippen LogP contribution in [0.5, 0.6) is 5.75 Å². The third-order valence-corrected chi connectivity index (χ3v) is 3.99. The fraction of sp³-hybridized carbons (Fsp3) is 0.0625. The van der Waals surface area contributed by atoms with Gasteiger partial charge in [0.05, 0.1) is 13.3 Å². The number of aromatic nitrogens is 3. The molecule has 0 aliphatic rings. The molecule has 0 aliphatic heterocycles. The highest BCUT2D eigenvalue weighted by Gasteiger charge is 2.08. The quantitative estimate of drug-likeness (QED) is 0.515. The highest BCUT2D eigenvalue weighted by Crippen LogP contribution is 2.21. The maximum absolute atomic E-state index is 13.7. The first kappa shape index (κ1) is 16.5. The number of methoxy groups -OCH3 is 1. The molecule has 0 radical (unpaired) electrons. The highest BCUT2D eigenvalue weighted by atomic mass is 79.9. The van der Waals surface area contributed by atoms with Crippen molar-refractivity contribution in [3.05, 3.63) is 63.1 Å². The second kappa shape index (κ2) is 7.06. The van der Waals surface area contributed by atoms with Gasteiger partial charge in [-0.2, -0.15) is 14.9 Å². The molecule has 0 saturated carbocycles. The highest BCUT2D eigenvalue weighted by molar-refractivity contribution is 9.10. The summed E-state index contributed by atoms with van der Waals surface area (Å²) >= 11 is 8.63. The molecule has 3 rings (SSSR count). The van der Waals surface area contributed by atoms with E-state index in [0.29, 0.717) is 16.2 Å². The number of hydrogen-bond acceptors (Lipinski definition) is 4. The van der Waals surface area contributed by atoms with Crippen molar-refractivity contribution in [1.29, 1.82) is 0 Å². The lowest BCUT2D eigenvalue weighted by molar-refractivity contribution is 0.386. The van der Waals surface area contributed by atoms with Gasteiger partial charge in [0.1, 0.15) is 0 Å². The first-order valence-corrected chi connectivity index (χ1v) is 8.10. The van der Waals surface area contributed by atoms with Crippen molar-refractivity contribution in [2.75, 3.05) is 7.11 Å². The van der Waals surface area contributed by atoms with Gasteiger partial charge < -0.3 is 4.74 Å². The summed E-state index contributed by atoms with van der Waals surface area (Å²) in [5, 5.41) is 11.2. The number of aromatic amines is 1. The Morgan fingerprint density at radius 1 is 1.33 bits per heavy atom. The largest absolute Gasteiger partial charge is 0.494 e. The number of nitrogens with zero attached hydrogens (tertiary/aromatic N) is 3. The summed E-state index contributed by atoms with van der Waals surface area (Å²) in [6.45, 7) is 0. The lowest BCUT2D eigenvalue weighted by atomic mass is 10.2. The zero-order chi connectivity index (χ0) is 17.1. The van der Waals surface area contributed by atoms with E-state index >= 15 is 0 Å². The molecule has 8 heteroatoms. The maximum atomic E-state index is 13.7. The standard InChI is InChI=1S/C16H12BrFN4OS/c1-23-14-6-5-10(7-13(14)18)9-19-22-15(20-21-16(22)24)11-3-2-4-12(17)8-11/h2-9H,1H3,(H,21,24)/b19-9-. The summed E-state index contributed by atoms with van der Waals surface area (Å²) in [5.74, 6) is 0.290. The number of hydrogen-bond donors (Lipinski definition) is 1. The Kier molecular flexibility index (Phi) is 4.86. The molecule has 0 unspecified atom stereocenters. The van der Waals surface area contributed by atoms with Crippen LogP contribution in [0.2, 0.25) is 0 Å². The Hall–Kier alpha value is -2.32. The smallest absolute Gasteiger partial charge is 0.216 e. The van der Waals surface area contributed by atoms with Crippen LogP contribution in [0.15, 0.2) is 52.0 Å². The minimum absolute atomic E-state index is 0.182. The molecule has 5 nitrogen and oxygen atoms in total. The molecule has 0 spiro atoms. The van der Waals surface area contributed by atoms with Gasteiger partial charge in [-0.15, -0.1) is 0 Å². The number of ether oxygens (including phenoxy) is 1. The number of nitrogens with one attached hydrogen (secondary N) is 1. The molecule has 2 aromatic carbocycles. The van der Waals surface area contributed by atoms with Crippen LogP contribution in [0.3, 0.4) is 0 Å². The summed E-state index contributed by atoms with van der Waals surface area (Å²) in [6, 6.07) is 12.2. The first-order chi connectivity index (χ1) is 11.6. The predicted molar refractivity (Wildman–Crippen MR) is 96.5 cm³/mol. The molecule has 3 aromatic rings. The molecule has 1 heterocycles. The summed E-state index contributed by atoms with van der Waals surface area (Å²) in [7, 11) is 1.42. The van der Waals surface area contributed by atoms with Gasteiger partial charge in [0, 0.05) is 10.0 Å². The topological polar surface area (TPSA) is 55.2 Å². The van der Waals surface area contributed by atoms with E-state index in [4.69, 9.17) is 17.0 Å². The van der Waals surface area contributed by atoms with Gasteiger partial charge in [0.2, 0.25) is 4.77 Å². The van der Waals surface area contributed by atoms with Crippen molar-refractivity contribution in [2.45, 2.75) is 0 Å². The second-order valence-electron chi connectivity index (χ2n) is 4.81. The molecule has 0 aliphatic carbocycles. The van der Waals surface area contributed by atoms with E-state index in [2.05, 4.69) is 31.2 Å².